The van der Waals surface area contributed by atoms with Crippen molar-refractivity contribution in [2.75, 3.05) is 6.61 Å². The summed E-state index contributed by atoms with van der Waals surface area (Å²) in [4.78, 5) is 11.2. The van der Waals surface area contributed by atoms with Crippen LogP contribution >= 0.6 is 22.6 Å². The molecule has 0 N–H and O–H groups in total. The van der Waals surface area contributed by atoms with Gasteiger partial charge in [0.2, 0.25) is 0 Å². The molecule has 0 saturated heterocycles. The highest BCUT2D eigenvalue weighted by Gasteiger charge is 2.18. The third-order valence-corrected chi connectivity index (χ3v) is 2.91. The maximum atomic E-state index is 12.7. The third kappa shape index (κ3) is 2.90. The van der Waals surface area contributed by atoms with Crippen LogP contribution < -0.4 is 4.74 Å². The van der Waals surface area contributed by atoms with Crippen LogP contribution in [-0.4, -0.2) is 12.4 Å². The summed E-state index contributed by atoms with van der Waals surface area (Å²) in [6.45, 7) is 3.39. The molecule has 5 heteroatoms. The van der Waals surface area contributed by atoms with Gasteiger partial charge in [-0.3, -0.25) is 4.79 Å². The summed E-state index contributed by atoms with van der Waals surface area (Å²) in [5, 5.41) is 0. The fourth-order valence-corrected chi connectivity index (χ4v) is 2.11. The summed E-state index contributed by atoms with van der Waals surface area (Å²) in [6.07, 6.45) is -2.64. The van der Waals surface area contributed by atoms with E-state index in [2.05, 4.69) is 0 Å². The highest BCUT2D eigenvalue weighted by molar-refractivity contribution is 14.1. The molecule has 0 heterocycles. The van der Waals surface area contributed by atoms with E-state index in [1.807, 2.05) is 22.6 Å². The molecule has 0 aliphatic rings. The zero-order chi connectivity index (χ0) is 12.3. The van der Waals surface area contributed by atoms with E-state index in [1.165, 1.54) is 19.1 Å². The van der Waals surface area contributed by atoms with Gasteiger partial charge in [0.15, 0.2) is 5.78 Å². The van der Waals surface area contributed by atoms with Gasteiger partial charge in [-0.15, -0.1) is 0 Å². The third-order valence-electron chi connectivity index (χ3n) is 2.01. The Kier molecular flexibility index (Phi) is 4.64. The molecule has 0 spiro atoms. The lowest BCUT2D eigenvalue weighted by Crippen LogP contribution is -2.03. The predicted molar refractivity (Wildman–Crippen MR) is 65.3 cm³/mol. The van der Waals surface area contributed by atoms with Crippen molar-refractivity contribution < 1.29 is 18.3 Å². The van der Waals surface area contributed by atoms with Crippen LogP contribution in [0.1, 0.15) is 36.2 Å². The molecule has 0 amide bonds. The summed E-state index contributed by atoms with van der Waals surface area (Å²) in [7, 11) is 0. The maximum Gasteiger partial charge on any atom is 0.267 e. The van der Waals surface area contributed by atoms with Gasteiger partial charge in [0, 0.05) is 9.13 Å². The lowest BCUT2D eigenvalue weighted by atomic mass is 10.1. The van der Waals surface area contributed by atoms with Crippen LogP contribution in [0.15, 0.2) is 12.1 Å². The largest absolute Gasteiger partial charge is 0.493 e. The van der Waals surface area contributed by atoms with Crippen molar-refractivity contribution in [1.29, 1.82) is 0 Å². The minimum absolute atomic E-state index is 0.145. The van der Waals surface area contributed by atoms with E-state index in [4.69, 9.17) is 4.74 Å². The van der Waals surface area contributed by atoms with Gasteiger partial charge in [0.1, 0.15) is 5.75 Å². The van der Waals surface area contributed by atoms with Gasteiger partial charge in [-0.25, -0.2) is 8.78 Å². The fourth-order valence-electron chi connectivity index (χ4n) is 1.29. The normalized spacial score (nSPS) is 10.6. The van der Waals surface area contributed by atoms with Crippen molar-refractivity contribution in [1.82, 2.24) is 0 Å². The van der Waals surface area contributed by atoms with Crippen LogP contribution in [0.25, 0.3) is 0 Å². The average molecular weight is 340 g/mol. The highest BCUT2D eigenvalue weighted by Crippen LogP contribution is 2.32. The number of Topliss-reactive ketones (excluding diaryl/α,β-unsaturated/α-hetero) is 1. The number of alkyl halides is 2. The first-order valence-electron chi connectivity index (χ1n) is 4.72. The topological polar surface area (TPSA) is 26.3 Å². The summed E-state index contributed by atoms with van der Waals surface area (Å²) in [5.74, 6) is -0.0822. The second kappa shape index (κ2) is 5.56. The van der Waals surface area contributed by atoms with Gasteiger partial charge >= 0.3 is 0 Å². The molecule has 0 aliphatic carbocycles. The summed E-state index contributed by atoms with van der Waals surface area (Å²) in [5.41, 5.74) is 0.0758. The Hall–Kier alpha value is -0.720. The molecule has 2 nitrogen and oxygen atoms in total. The summed E-state index contributed by atoms with van der Waals surface area (Å²) >= 11 is 1.94. The Labute approximate surface area is 106 Å². The quantitative estimate of drug-likeness (QED) is 0.615. The lowest BCUT2D eigenvalue weighted by molar-refractivity contribution is 0.101. The Balaban J connectivity index is 3.31. The van der Waals surface area contributed by atoms with E-state index in [1.54, 1.807) is 6.92 Å². The summed E-state index contributed by atoms with van der Waals surface area (Å²) in [6, 6.07) is 2.68. The molecule has 0 aliphatic heterocycles. The van der Waals surface area contributed by atoms with Crippen molar-refractivity contribution in [2.24, 2.45) is 0 Å². The van der Waals surface area contributed by atoms with Gasteiger partial charge < -0.3 is 4.74 Å². The first-order chi connectivity index (χ1) is 7.47. The van der Waals surface area contributed by atoms with Crippen molar-refractivity contribution in [2.45, 2.75) is 20.3 Å². The number of halogens is 3. The van der Waals surface area contributed by atoms with Crippen molar-refractivity contribution in [3.05, 3.63) is 26.8 Å². The number of hydrogen-bond acceptors (Lipinski definition) is 2. The van der Waals surface area contributed by atoms with E-state index in [0.29, 0.717) is 15.7 Å². The molecule has 1 aromatic rings. The molecule has 0 unspecified atom stereocenters. The zero-order valence-corrected chi connectivity index (χ0v) is 11.0. The molecule has 0 saturated carbocycles. The molecular weight excluding hydrogens is 329 g/mol. The standard InChI is InChI=1S/C11H11F2IO2/c1-3-16-10-5-9(14)7(6(2)15)4-8(10)11(12)13/h4-5,11H,3H2,1-2H3. The number of ether oxygens (including phenoxy) is 1. The number of rotatable bonds is 4. The van der Waals surface area contributed by atoms with Crippen LogP contribution in [-0.2, 0) is 0 Å². The number of carbonyl (C=O) groups is 1. The molecule has 0 atom stereocenters. The zero-order valence-electron chi connectivity index (χ0n) is 8.89. The monoisotopic (exact) mass is 340 g/mol. The fraction of sp³-hybridized carbons (Fsp3) is 0.364. The van der Waals surface area contributed by atoms with Crippen molar-refractivity contribution in [3.63, 3.8) is 0 Å². The Bertz CT molecular complexity index is 405. The van der Waals surface area contributed by atoms with E-state index in [-0.39, 0.29) is 17.1 Å². The predicted octanol–water partition coefficient (Wildman–Crippen LogP) is 3.83. The average Bonchev–Trinajstić information content (AvgIpc) is 2.17. The first kappa shape index (κ1) is 13.3. The van der Waals surface area contributed by atoms with Crippen LogP contribution in [0.2, 0.25) is 0 Å². The van der Waals surface area contributed by atoms with E-state index in [9.17, 15) is 13.6 Å². The highest BCUT2D eigenvalue weighted by atomic mass is 127. The van der Waals surface area contributed by atoms with Crippen LogP contribution in [0.5, 0.6) is 5.75 Å². The summed E-state index contributed by atoms with van der Waals surface area (Å²) < 4.78 is 31.2. The van der Waals surface area contributed by atoms with Crippen LogP contribution in [0, 0.1) is 3.57 Å². The smallest absolute Gasteiger partial charge is 0.267 e. The van der Waals surface area contributed by atoms with Gasteiger partial charge in [0.05, 0.1) is 12.2 Å². The molecule has 0 bridgehead atoms. The molecule has 0 aromatic heterocycles. The molecule has 0 radical (unpaired) electrons. The minimum Gasteiger partial charge on any atom is -0.493 e. The molecular formula is C11H11F2IO2. The maximum absolute atomic E-state index is 12.7. The Morgan fingerprint density at radius 1 is 1.50 bits per heavy atom. The molecule has 88 valence electrons. The Morgan fingerprint density at radius 3 is 2.56 bits per heavy atom. The van der Waals surface area contributed by atoms with E-state index in [0.717, 1.165) is 0 Å². The molecule has 0 fully saturated rings. The van der Waals surface area contributed by atoms with Gasteiger partial charge in [-0.2, -0.15) is 0 Å². The second-order valence-electron chi connectivity index (χ2n) is 3.16. The molecule has 1 rings (SSSR count). The number of ketones is 1. The first-order valence-corrected chi connectivity index (χ1v) is 5.80. The SMILES string of the molecule is CCOc1cc(I)c(C(C)=O)cc1C(F)F. The number of benzene rings is 1. The molecule has 1 aromatic carbocycles. The van der Waals surface area contributed by atoms with Gasteiger partial charge in [-0.05, 0) is 48.6 Å². The second-order valence-corrected chi connectivity index (χ2v) is 4.32. The van der Waals surface area contributed by atoms with Crippen LogP contribution in [0.3, 0.4) is 0 Å². The van der Waals surface area contributed by atoms with Gasteiger partial charge in [-0.1, -0.05) is 0 Å². The van der Waals surface area contributed by atoms with Crippen LogP contribution in [0.4, 0.5) is 8.78 Å². The van der Waals surface area contributed by atoms with Crippen molar-refractivity contribution >= 4 is 28.4 Å². The lowest BCUT2D eigenvalue weighted by Gasteiger charge is -2.12. The minimum atomic E-state index is -2.64. The number of hydrogen-bond donors (Lipinski definition) is 0. The van der Waals surface area contributed by atoms with Gasteiger partial charge in [0.25, 0.3) is 6.43 Å². The Morgan fingerprint density at radius 2 is 2.12 bits per heavy atom. The molecule has 16 heavy (non-hydrogen) atoms. The van der Waals surface area contributed by atoms with E-state index < -0.39 is 6.43 Å². The van der Waals surface area contributed by atoms with E-state index >= 15 is 0 Å². The van der Waals surface area contributed by atoms with Crippen molar-refractivity contribution in [3.8, 4) is 5.75 Å². The number of carbonyl (C=O) groups excluding carboxylic acids is 1.